The second-order valence-electron chi connectivity index (χ2n) is 6.10. The first-order chi connectivity index (χ1) is 12.6. The van der Waals surface area contributed by atoms with Crippen molar-refractivity contribution in [3.63, 3.8) is 0 Å². The largest absolute Gasteiger partial charge is 0.493 e. The van der Waals surface area contributed by atoms with Crippen molar-refractivity contribution >= 4 is 17.5 Å². The van der Waals surface area contributed by atoms with E-state index < -0.39 is 0 Å². The Labute approximate surface area is 158 Å². The molecule has 6 heteroatoms. The van der Waals surface area contributed by atoms with E-state index in [4.69, 9.17) is 25.8 Å². The van der Waals surface area contributed by atoms with E-state index >= 15 is 0 Å². The number of hydrogen-bond donors (Lipinski definition) is 0. The number of carbonyl (C=O) groups is 1. The minimum atomic E-state index is -0.0303. The molecule has 1 unspecified atom stereocenters. The summed E-state index contributed by atoms with van der Waals surface area (Å²) in [5.41, 5.74) is 1.04. The van der Waals surface area contributed by atoms with Crippen LogP contribution in [0, 0.1) is 0 Å². The molecular weight excluding hydrogens is 354 g/mol. The standard InChI is InChI=1S/C20H22ClNO4/c1-24-18-10-5-14(12-19(18)25-2)17-4-3-11-22(17)20(23)13-26-16-8-6-15(21)7-9-16/h5-10,12,17H,3-4,11,13H2,1-2H3. The van der Waals surface area contributed by atoms with Gasteiger partial charge in [0.15, 0.2) is 18.1 Å². The number of methoxy groups -OCH3 is 2. The number of hydrogen-bond acceptors (Lipinski definition) is 4. The zero-order valence-electron chi connectivity index (χ0n) is 14.9. The van der Waals surface area contributed by atoms with Crippen LogP contribution in [0.15, 0.2) is 42.5 Å². The normalized spacial score (nSPS) is 16.4. The second kappa shape index (κ2) is 8.32. The topological polar surface area (TPSA) is 48.0 Å². The lowest BCUT2D eigenvalue weighted by molar-refractivity contribution is -0.134. The highest BCUT2D eigenvalue weighted by molar-refractivity contribution is 6.30. The zero-order chi connectivity index (χ0) is 18.5. The van der Waals surface area contributed by atoms with Gasteiger partial charge >= 0.3 is 0 Å². The molecule has 0 radical (unpaired) electrons. The van der Waals surface area contributed by atoms with Gasteiger partial charge < -0.3 is 19.1 Å². The van der Waals surface area contributed by atoms with E-state index in [0.29, 0.717) is 22.3 Å². The zero-order valence-corrected chi connectivity index (χ0v) is 15.7. The first-order valence-electron chi connectivity index (χ1n) is 8.52. The molecular formula is C20H22ClNO4. The molecule has 0 spiro atoms. The average Bonchev–Trinajstić information content (AvgIpc) is 3.16. The van der Waals surface area contributed by atoms with Gasteiger partial charge in [0.25, 0.3) is 5.91 Å². The van der Waals surface area contributed by atoms with Gasteiger partial charge in [-0.1, -0.05) is 17.7 Å². The van der Waals surface area contributed by atoms with Gasteiger partial charge in [-0.15, -0.1) is 0 Å². The summed E-state index contributed by atoms with van der Waals surface area (Å²) >= 11 is 5.86. The van der Waals surface area contributed by atoms with Gasteiger partial charge in [-0.05, 0) is 54.8 Å². The van der Waals surface area contributed by atoms with Crippen molar-refractivity contribution in [2.24, 2.45) is 0 Å². The molecule has 0 aliphatic carbocycles. The van der Waals surface area contributed by atoms with E-state index in [1.807, 2.05) is 23.1 Å². The van der Waals surface area contributed by atoms with Crippen LogP contribution in [0.3, 0.4) is 0 Å². The Morgan fingerprint density at radius 2 is 1.85 bits per heavy atom. The summed E-state index contributed by atoms with van der Waals surface area (Å²) < 4.78 is 16.3. The summed E-state index contributed by atoms with van der Waals surface area (Å²) in [6, 6.07) is 12.8. The van der Waals surface area contributed by atoms with Gasteiger partial charge in [0.2, 0.25) is 0 Å². The molecule has 0 bridgehead atoms. The molecule has 5 nitrogen and oxygen atoms in total. The summed E-state index contributed by atoms with van der Waals surface area (Å²) in [7, 11) is 3.22. The Morgan fingerprint density at radius 3 is 2.54 bits per heavy atom. The Kier molecular flexibility index (Phi) is 5.89. The van der Waals surface area contributed by atoms with Crippen molar-refractivity contribution < 1.29 is 19.0 Å². The molecule has 3 rings (SSSR count). The maximum atomic E-state index is 12.7. The Balaban J connectivity index is 1.69. The maximum Gasteiger partial charge on any atom is 0.261 e. The summed E-state index contributed by atoms with van der Waals surface area (Å²) in [6.45, 7) is 0.729. The summed E-state index contributed by atoms with van der Waals surface area (Å²) in [5.74, 6) is 1.95. The van der Waals surface area contributed by atoms with E-state index in [1.165, 1.54) is 0 Å². The molecule has 1 saturated heterocycles. The Hall–Kier alpha value is -2.40. The lowest BCUT2D eigenvalue weighted by Gasteiger charge is -2.25. The van der Waals surface area contributed by atoms with Gasteiger partial charge in [0, 0.05) is 11.6 Å². The first kappa shape index (κ1) is 18.4. The third-order valence-corrected chi connectivity index (χ3v) is 4.79. The van der Waals surface area contributed by atoms with Crippen LogP contribution in [-0.2, 0) is 4.79 Å². The van der Waals surface area contributed by atoms with E-state index in [9.17, 15) is 4.79 Å². The molecule has 2 aromatic rings. The second-order valence-corrected chi connectivity index (χ2v) is 6.54. The highest BCUT2D eigenvalue weighted by Crippen LogP contribution is 2.36. The molecule has 1 amide bonds. The minimum absolute atomic E-state index is 0.00538. The molecule has 1 aliphatic rings. The SMILES string of the molecule is COc1ccc(C2CCCN2C(=O)COc2ccc(Cl)cc2)cc1OC. The third-order valence-electron chi connectivity index (χ3n) is 4.54. The molecule has 1 aliphatic heterocycles. The number of carbonyl (C=O) groups excluding carboxylic acids is 1. The van der Waals surface area contributed by atoms with Gasteiger partial charge in [0.05, 0.1) is 20.3 Å². The van der Waals surface area contributed by atoms with Gasteiger partial charge in [-0.25, -0.2) is 0 Å². The molecule has 0 saturated carbocycles. The van der Waals surface area contributed by atoms with Crippen LogP contribution in [0.4, 0.5) is 0 Å². The van der Waals surface area contributed by atoms with Crippen molar-refractivity contribution in [2.75, 3.05) is 27.4 Å². The lowest BCUT2D eigenvalue weighted by Crippen LogP contribution is -2.34. The number of rotatable bonds is 6. The predicted octanol–water partition coefficient (Wildman–Crippen LogP) is 4.10. The lowest BCUT2D eigenvalue weighted by atomic mass is 10.0. The van der Waals surface area contributed by atoms with Crippen LogP contribution in [-0.4, -0.2) is 38.2 Å². The number of amides is 1. The molecule has 1 fully saturated rings. The molecule has 26 heavy (non-hydrogen) atoms. The minimum Gasteiger partial charge on any atom is -0.493 e. The molecule has 2 aromatic carbocycles. The van der Waals surface area contributed by atoms with Gasteiger partial charge in [-0.2, -0.15) is 0 Å². The summed E-state index contributed by atoms with van der Waals surface area (Å²) in [6.07, 6.45) is 1.88. The predicted molar refractivity (Wildman–Crippen MR) is 100 cm³/mol. The molecule has 138 valence electrons. The van der Waals surface area contributed by atoms with Crippen LogP contribution < -0.4 is 14.2 Å². The number of ether oxygens (including phenoxy) is 3. The van der Waals surface area contributed by atoms with Crippen LogP contribution in [0.25, 0.3) is 0 Å². The Morgan fingerprint density at radius 1 is 1.12 bits per heavy atom. The molecule has 0 N–H and O–H groups in total. The smallest absolute Gasteiger partial charge is 0.261 e. The highest BCUT2D eigenvalue weighted by atomic mass is 35.5. The van der Waals surface area contributed by atoms with Crippen LogP contribution in [0.2, 0.25) is 5.02 Å². The maximum absolute atomic E-state index is 12.7. The van der Waals surface area contributed by atoms with E-state index in [0.717, 1.165) is 24.9 Å². The monoisotopic (exact) mass is 375 g/mol. The highest BCUT2D eigenvalue weighted by Gasteiger charge is 2.30. The number of halogens is 1. The van der Waals surface area contributed by atoms with Crippen molar-refractivity contribution in [3.05, 3.63) is 53.1 Å². The summed E-state index contributed by atoms with van der Waals surface area (Å²) in [4.78, 5) is 14.5. The van der Waals surface area contributed by atoms with Crippen molar-refractivity contribution in [3.8, 4) is 17.2 Å². The van der Waals surface area contributed by atoms with Crippen molar-refractivity contribution in [1.82, 2.24) is 4.90 Å². The fourth-order valence-electron chi connectivity index (χ4n) is 3.23. The van der Waals surface area contributed by atoms with E-state index in [2.05, 4.69) is 0 Å². The van der Waals surface area contributed by atoms with E-state index in [1.54, 1.807) is 38.5 Å². The van der Waals surface area contributed by atoms with Crippen molar-refractivity contribution in [2.45, 2.75) is 18.9 Å². The average molecular weight is 376 g/mol. The fraction of sp³-hybridized carbons (Fsp3) is 0.350. The van der Waals surface area contributed by atoms with Crippen LogP contribution in [0.1, 0.15) is 24.4 Å². The number of nitrogens with zero attached hydrogens (tertiary/aromatic N) is 1. The Bertz CT molecular complexity index is 763. The first-order valence-corrected chi connectivity index (χ1v) is 8.90. The number of likely N-dealkylation sites (tertiary alicyclic amines) is 1. The fourth-order valence-corrected chi connectivity index (χ4v) is 3.36. The van der Waals surface area contributed by atoms with Crippen LogP contribution in [0.5, 0.6) is 17.2 Å². The number of benzene rings is 2. The van der Waals surface area contributed by atoms with Gasteiger partial charge in [-0.3, -0.25) is 4.79 Å². The van der Waals surface area contributed by atoms with E-state index in [-0.39, 0.29) is 18.6 Å². The molecule has 0 aromatic heterocycles. The van der Waals surface area contributed by atoms with Crippen molar-refractivity contribution in [1.29, 1.82) is 0 Å². The van der Waals surface area contributed by atoms with Gasteiger partial charge in [0.1, 0.15) is 5.75 Å². The third kappa shape index (κ3) is 4.05. The quantitative estimate of drug-likeness (QED) is 0.762. The molecule has 1 atom stereocenters. The van der Waals surface area contributed by atoms with Crippen LogP contribution >= 0.6 is 11.6 Å². The summed E-state index contributed by atoms with van der Waals surface area (Å²) in [5, 5.41) is 0.636. The molecule has 1 heterocycles.